The normalized spacial score (nSPS) is 11.8. The highest BCUT2D eigenvalue weighted by Gasteiger charge is 2.34. The van der Waals surface area contributed by atoms with E-state index in [0.717, 1.165) is 21.0 Å². The van der Waals surface area contributed by atoms with Crippen molar-refractivity contribution in [1.82, 2.24) is 10.2 Å². The molecule has 0 spiro atoms. The lowest BCUT2D eigenvalue weighted by Gasteiger charge is -2.32. The number of sulfonamides is 1. The summed E-state index contributed by atoms with van der Waals surface area (Å²) >= 11 is 0. The number of amides is 2. The molecule has 0 unspecified atom stereocenters. The van der Waals surface area contributed by atoms with E-state index >= 15 is 0 Å². The van der Waals surface area contributed by atoms with Crippen LogP contribution >= 0.6 is 0 Å². The summed E-state index contributed by atoms with van der Waals surface area (Å²) in [6.07, 6.45) is 0. The van der Waals surface area contributed by atoms with Crippen molar-refractivity contribution < 1.29 is 27.5 Å². The van der Waals surface area contributed by atoms with E-state index < -0.39 is 28.5 Å². The minimum absolute atomic E-state index is 0.0118. The molecule has 10 heteroatoms. The summed E-state index contributed by atoms with van der Waals surface area (Å²) in [7, 11) is -1.36. The van der Waals surface area contributed by atoms with Crippen LogP contribution in [0.15, 0.2) is 71.6 Å². The van der Waals surface area contributed by atoms with E-state index in [1.54, 1.807) is 38.1 Å². The highest BCUT2D eigenvalue weighted by Crippen LogP contribution is 2.36. The fourth-order valence-electron chi connectivity index (χ4n) is 4.25. The van der Waals surface area contributed by atoms with Crippen LogP contribution in [0.5, 0.6) is 11.5 Å². The molecule has 1 N–H and O–H groups in total. The molecule has 3 aromatic rings. The quantitative estimate of drug-likeness (QED) is 0.354. The molecule has 0 aromatic heterocycles. The summed E-state index contributed by atoms with van der Waals surface area (Å²) in [5.74, 6) is -0.262. The highest BCUT2D eigenvalue weighted by molar-refractivity contribution is 7.92. The second-order valence-corrected chi connectivity index (χ2v) is 11.3. The average Bonchev–Trinajstić information content (AvgIpc) is 2.94. The number of carbonyl (C=O) groups is 2. The number of benzene rings is 3. The Balaban J connectivity index is 2.12. The van der Waals surface area contributed by atoms with Gasteiger partial charge in [-0.3, -0.25) is 13.9 Å². The third-order valence-electron chi connectivity index (χ3n) is 6.50. The molecular weight excluding hydrogens is 530 g/mol. The van der Waals surface area contributed by atoms with E-state index in [0.29, 0.717) is 12.3 Å². The fraction of sp³-hybridized carbons (Fsp3) is 0.333. The first-order valence-corrected chi connectivity index (χ1v) is 14.4. The Kier molecular flexibility index (Phi) is 10.2. The van der Waals surface area contributed by atoms with Gasteiger partial charge < -0.3 is 19.7 Å². The van der Waals surface area contributed by atoms with Gasteiger partial charge in [0.15, 0.2) is 0 Å². The summed E-state index contributed by atoms with van der Waals surface area (Å²) in [5.41, 5.74) is 2.84. The maximum absolute atomic E-state index is 14.1. The van der Waals surface area contributed by atoms with Gasteiger partial charge in [0.1, 0.15) is 24.1 Å². The molecule has 3 rings (SSSR count). The van der Waals surface area contributed by atoms with E-state index in [-0.39, 0.29) is 28.8 Å². The van der Waals surface area contributed by atoms with Crippen molar-refractivity contribution in [2.45, 2.75) is 45.2 Å². The molecule has 0 bridgehead atoms. The van der Waals surface area contributed by atoms with Gasteiger partial charge in [-0.05, 0) is 57.5 Å². The topological polar surface area (TPSA) is 105 Å². The van der Waals surface area contributed by atoms with Crippen molar-refractivity contribution in [3.63, 3.8) is 0 Å². The first kappa shape index (κ1) is 30.5. The van der Waals surface area contributed by atoms with Gasteiger partial charge in [0.05, 0.1) is 24.8 Å². The minimum atomic E-state index is -4.24. The van der Waals surface area contributed by atoms with Crippen LogP contribution in [-0.2, 0) is 26.2 Å². The van der Waals surface area contributed by atoms with Crippen LogP contribution in [-0.4, -0.2) is 58.5 Å². The predicted molar refractivity (Wildman–Crippen MR) is 155 cm³/mol. The predicted octanol–water partition coefficient (Wildman–Crippen LogP) is 4.07. The maximum atomic E-state index is 14.1. The summed E-state index contributed by atoms with van der Waals surface area (Å²) in [6.45, 7) is 7.15. The van der Waals surface area contributed by atoms with Crippen LogP contribution in [0.2, 0.25) is 0 Å². The van der Waals surface area contributed by atoms with Crippen LogP contribution in [0.1, 0.15) is 30.5 Å². The molecule has 0 fully saturated rings. The van der Waals surface area contributed by atoms with Gasteiger partial charge in [0.2, 0.25) is 11.8 Å². The van der Waals surface area contributed by atoms with Gasteiger partial charge in [-0.25, -0.2) is 8.42 Å². The summed E-state index contributed by atoms with van der Waals surface area (Å²) in [6, 6.07) is 17.9. The zero-order valence-electron chi connectivity index (χ0n) is 23.8. The number of methoxy groups -OCH3 is 2. The van der Waals surface area contributed by atoms with E-state index in [1.807, 2.05) is 38.1 Å². The molecule has 0 radical (unpaired) electrons. The number of aryl methyl sites for hydroxylation is 2. The van der Waals surface area contributed by atoms with Gasteiger partial charge >= 0.3 is 0 Å². The van der Waals surface area contributed by atoms with Crippen LogP contribution in [0.3, 0.4) is 0 Å². The van der Waals surface area contributed by atoms with Crippen LogP contribution in [0.4, 0.5) is 5.69 Å². The largest absolute Gasteiger partial charge is 0.497 e. The molecular formula is C30H37N3O6S. The molecule has 0 aliphatic heterocycles. The van der Waals surface area contributed by atoms with Crippen molar-refractivity contribution in [1.29, 1.82) is 0 Å². The lowest BCUT2D eigenvalue weighted by Crippen LogP contribution is -2.51. The molecule has 0 aliphatic carbocycles. The Morgan fingerprint density at radius 1 is 0.925 bits per heavy atom. The Morgan fingerprint density at radius 2 is 1.62 bits per heavy atom. The fourth-order valence-corrected chi connectivity index (χ4v) is 5.67. The first-order valence-electron chi connectivity index (χ1n) is 13.0. The van der Waals surface area contributed by atoms with E-state index in [2.05, 4.69) is 5.32 Å². The van der Waals surface area contributed by atoms with Gasteiger partial charge in [0.25, 0.3) is 10.0 Å². The third-order valence-corrected chi connectivity index (χ3v) is 8.27. The lowest BCUT2D eigenvalue weighted by molar-refractivity contribution is -0.139. The van der Waals surface area contributed by atoms with Gasteiger partial charge in [-0.2, -0.15) is 0 Å². The second-order valence-electron chi connectivity index (χ2n) is 9.44. The van der Waals surface area contributed by atoms with Crippen LogP contribution in [0.25, 0.3) is 0 Å². The Labute approximate surface area is 236 Å². The zero-order valence-corrected chi connectivity index (χ0v) is 24.6. The number of carbonyl (C=O) groups excluding carboxylic acids is 2. The molecule has 0 saturated carbocycles. The number of hydrogen-bond donors (Lipinski definition) is 1. The molecule has 2 amide bonds. The lowest BCUT2D eigenvalue weighted by atomic mass is 10.1. The SMILES string of the molecule is CCNC(=O)[C@H](C)N(Cc1cccc(C)c1)C(=O)CN(c1cc(OC)ccc1OC)S(=O)(=O)c1ccc(C)cc1. The standard InChI is InChI=1S/C30H37N3O6S/c1-7-31-30(35)23(4)32(19-24-10-8-9-22(3)17-24)29(34)20-33(27-18-25(38-5)13-16-28(27)39-6)40(36,37)26-14-11-21(2)12-15-26/h8-18,23H,7,19-20H2,1-6H3,(H,31,35)/t23-/m0/s1. The molecule has 40 heavy (non-hydrogen) atoms. The van der Waals surface area contributed by atoms with Gasteiger partial charge in [0, 0.05) is 19.2 Å². The number of nitrogens with zero attached hydrogens (tertiary/aromatic N) is 2. The number of anilines is 1. The van der Waals surface area contributed by atoms with Crippen molar-refractivity contribution in [2.75, 3.05) is 31.6 Å². The monoisotopic (exact) mass is 567 g/mol. The Hall–Kier alpha value is -4.05. The molecule has 1 atom stereocenters. The molecule has 3 aromatic carbocycles. The smallest absolute Gasteiger partial charge is 0.264 e. The van der Waals surface area contributed by atoms with Crippen LogP contribution < -0.4 is 19.1 Å². The van der Waals surface area contributed by atoms with Crippen molar-refractivity contribution in [3.05, 3.63) is 83.4 Å². The summed E-state index contributed by atoms with van der Waals surface area (Å²) < 4.78 is 40.0. The second kappa shape index (κ2) is 13.3. The molecule has 214 valence electrons. The number of hydrogen-bond acceptors (Lipinski definition) is 6. The summed E-state index contributed by atoms with van der Waals surface area (Å²) in [5, 5.41) is 2.76. The third kappa shape index (κ3) is 7.12. The molecule has 0 saturated heterocycles. The summed E-state index contributed by atoms with van der Waals surface area (Å²) in [4.78, 5) is 28.3. The van der Waals surface area contributed by atoms with E-state index in [1.165, 1.54) is 37.3 Å². The van der Waals surface area contributed by atoms with Crippen molar-refractivity contribution >= 4 is 27.5 Å². The molecule has 9 nitrogen and oxygen atoms in total. The van der Waals surface area contributed by atoms with Gasteiger partial charge in [-0.15, -0.1) is 0 Å². The highest BCUT2D eigenvalue weighted by atomic mass is 32.2. The molecule has 0 heterocycles. The zero-order chi connectivity index (χ0) is 29.4. The number of likely N-dealkylation sites (N-methyl/N-ethyl adjacent to an activating group) is 1. The maximum Gasteiger partial charge on any atom is 0.264 e. The van der Waals surface area contributed by atoms with Crippen molar-refractivity contribution in [2.24, 2.45) is 0 Å². The number of ether oxygens (including phenoxy) is 2. The molecule has 0 aliphatic rings. The number of rotatable bonds is 12. The Bertz CT molecular complexity index is 1440. The average molecular weight is 568 g/mol. The minimum Gasteiger partial charge on any atom is -0.497 e. The van der Waals surface area contributed by atoms with E-state index in [9.17, 15) is 18.0 Å². The number of nitrogens with one attached hydrogen (secondary N) is 1. The first-order chi connectivity index (χ1) is 19.0. The Morgan fingerprint density at radius 3 is 2.23 bits per heavy atom. The van der Waals surface area contributed by atoms with Gasteiger partial charge in [-0.1, -0.05) is 47.5 Å². The van der Waals surface area contributed by atoms with E-state index in [4.69, 9.17) is 9.47 Å². The van der Waals surface area contributed by atoms with Crippen LogP contribution in [0, 0.1) is 13.8 Å². The van der Waals surface area contributed by atoms with Crippen molar-refractivity contribution in [3.8, 4) is 11.5 Å².